The zero-order valence-electron chi connectivity index (χ0n) is 8.59. The Morgan fingerprint density at radius 3 is 2.94 bits per heavy atom. The number of thiazole rings is 1. The molecule has 7 heteroatoms. The standard InChI is InChI=1S/C10H8BrN3O2S/c11-9-3-8(14(15)16)1-2-10(9)12-4-7-5-17-6-13-7/h1-3,5-6,12H,4H2. The van der Waals surface area contributed by atoms with Crippen molar-refractivity contribution in [3.8, 4) is 0 Å². The van der Waals surface area contributed by atoms with Crippen LogP contribution < -0.4 is 5.32 Å². The number of nitrogens with one attached hydrogen (secondary N) is 1. The molecule has 0 amide bonds. The van der Waals surface area contributed by atoms with E-state index < -0.39 is 4.92 Å². The fraction of sp³-hybridized carbons (Fsp3) is 0.100. The van der Waals surface area contributed by atoms with Crippen molar-refractivity contribution in [3.05, 3.63) is 49.4 Å². The summed E-state index contributed by atoms with van der Waals surface area (Å²) in [6.45, 7) is 0.597. The van der Waals surface area contributed by atoms with Crippen LogP contribution in [-0.4, -0.2) is 9.91 Å². The molecule has 0 radical (unpaired) electrons. The molecule has 0 aliphatic rings. The van der Waals surface area contributed by atoms with Crippen LogP contribution in [0.25, 0.3) is 0 Å². The van der Waals surface area contributed by atoms with Gasteiger partial charge in [0.25, 0.3) is 5.69 Å². The van der Waals surface area contributed by atoms with Gasteiger partial charge in [-0.25, -0.2) is 4.98 Å². The van der Waals surface area contributed by atoms with Crippen LogP contribution in [0.1, 0.15) is 5.69 Å². The van der Waals surface area contributed by atoms with Crippen LogP contribution in [-0.2, 0) is 6.54 Å². The summed E-state index contributed by atoms with van der Waals surface area (Å²) in [5.74, 6) is 0. The number of nitro benzene ring substituents is 1. The highest BCUT2D eigenvalue weighted by Crippen LogP contribution is 2.27. The zero-order valence-corrected chi connectivity index (χ0v) is 11.0. The molecule has 0 spiro atoms. The first-order valence-electron chi connectivity index (χ1n) is 4.71. The molecule has 0 fully saturated rings. The molecular formula is C10H8BrN3O2S. The molecule has 0 saturated heterocycles. The van der Waals surface area contributed by atoms with Crippen LogP contribution in [0.5, 0.6) is 0 Å². The van der Waals surface area contributed by atoms with E-state index in [-0.39, 0.29) is 5.69 Å². The first-order valence-corrected chi connectivity index (χ1v) is 6.45. The summed E-state index contributed by atoms with van der Waals surface area (Å²) in [6, 6.07) is 4.62. The van der Waals surface area contributed by atoms with Gasteiger partial charge >= 0.3 is 0 Å². The van der Waals surface area contributed by atoms with Crippen LogP contribution in [0.3, 0.4) is 0 Å². The van der Waals surface area contributed by atoms with E-state index in [1.807, 2.05) is 5.38 Å². The molecule has 2 rings (SSSR count). The minimum atomic E-state index is -0.422. The molecule has 1 aromatic carbocycles. The summed E-state index contributed by atoms with van der Waals surface area (Å²) in [4.78, 5) is 14.3. The average molecular weight is 314 g/mol. The van der Waals surface area contributed by atoms with Gasteiger partial charge in [-0.1, -0.05) is 0 Å². The van der Waals surface area contributed by atoms with Crippen LogP contribution >= 0.6 is 27.3 Å². The van der Waals surface area contributed by atoms with Crippen molar-refractivity contribution in [2.75, 3.05) is 5.32 Å². The third kappa shape index (κ3) is 3.01. The lowest BCUT2D eigenvalue weighted by molar-refractivity contribution is -0.384. The Balaban J connectivity index is 2.09. The number of rotatable bonds is 4. The van der Waals surface area contributed by atoms with Crippen LogP contribution in [0.2, 0.25) is 0 Å². The Kier molecular flexibility index (Phi) is 3.70. The van der Waals surface area contributed by atoms with Gasteiger partial charge in [-0.3, -0.25) is 10.1 Å². The minimum absolute atomic E-state index is 0.0658. The maximum Gasteiger partial charge on any atom is 0.270 e. The average Bonchev–Trinajstić information content (AvgIpc) is 2.80. The quantitative estimate of drug-likeness (QED) is 0.693. The molecule has 0 aliphatic heterocycles. The second-order valence-corrected chi connectivity index (χ2v) is 4.83. The summed E-state index contributed by atoms with van der Waals surface area (Å²) in [5.41, 5.74) is 3.59. The Labute approximate surface area is 110 Å². The number of aromatic nitrogens is 1. The first kappa shape index (κ1) is 12.0. The molecule has 1 aromatic heterocycles. The van der Waals surface area contributed by atoms with E-state index in [0.29, 0.717) is 11.0 Å². The lowest BCUT2D eigenvalue weighted by Gasteiger charge is -2.06. The van der Waals surface area contributed by atoms with E-state index in [2.05, 4.69) is 26.2 Å². The van der Waals surface area contributed by atoms with E-state index in [1.165, 1.54) is 23.5 Å². The Morgan fingerprint density at radius 1 is 1.53 bits per heavy atom. The fourth-order valence-electron chi connectivity index (χ4n) is 1.27. The SMILES string of the molecule is O=[N+]([O-])c1ccc(NCc2cscn2)c(Br)c1. The fourth-order valence-corrected chi connectivity index (χ4v) is 2.34. The topological polar surface area (TPSA) is 68.1 Å². The number of nitrogens with zero attached hydrogens (tertiary/aromatic N) is 2. The van der Waals surface area contributed by atoms with Gasteiger partial charge in [0, 0.05) is 27.7 Å². The van der Waals surface area contributed by atoms with Gasteiger partial charge in [-0.15, -0.1) is 11.3 Å². The summed E-state index contributed by atoms with van der Waals surface area (Å²) in [7, 11) is 0. The normalized spacial score (nSPS) is 10.2. The highest BCUT2D eigenvalue weighted by atomic mass is 79.9. The van der Waals surface area contributed by atoms with Crippen molar-refractivity contribution >= 4 is 38.6 Å². The van der Waals surface area contributed by atoms with Gasteiger partial charge in [-0.2, -0.15) is 0 Å². The summed E-state index contributed by atoms with van der Waals surface area (Å²) < 4.78 is 0.668. The Morgan fingerprint density at radius 2 is 2.35 bits per heavy atom. The predicted molar refractivity (Wildman–Crippen MR) is 70.2 cm³/mol. The highest BCUT2D eigenvalue weighted by Gasteiger charge is 2.08. The zero-order chi connectivity index (χ0) is 12.3. The van der Waals surface area contributed by atoms with Gasteiger partial charge in [0.05, 0.1) is 22.7 Å². The van der Waals surface area contributed by atoms with E-state index in [4.69, 9.17) is 0 Å². The predicted octanol–water partition coefficient (Wildman–Crippen LogP) is 3.43. The smallest absolute Gasteiger partial charge is 0.270 e. The van der Waals surface area contributed by atoms with E-state index in [1.54, 1.807) is 11.6 Å². The van der Waals surface area contributed by atoms with Crippen molar-refractivity contribution in [2.45, 2.75) is 6.54 Å². The van der Waals surface area contributed by atoms with Crippen LogP contribution in [0.4, 0.5) is 11.4 Å². The molecule has 0 atom stereocenters. The third-order valence-corrected chi connectivity index (χ3v) is 3.40. The molecule has 5 nitrogen and oxygen atoms in total. The molecule has 0 saturated carbocycles. The highest BCUT2D eigenvalue weighted by molar-refractivity contribution is 9.10. The number of benzene rings is 1. The Hall–Kier alpha value is -1.47. The minimum Gasteiger partial charge on any atom is -0.378 e. The van der Waals surface area contributed by atoms with Gasteiger partial charge in [0.15, 0.2) is 0 Å². The Bertz CT molecular complexity index is 530. The van der Waals surface area contributed by atoms with Crippen LogP contribution in [0.15, 0.2) is 33.6 Å². The van der Waals surface area contributed by atoms with Gasteiger partial charge in [0.2, 0.25) is 0 Å². The maximum atomic E-state index is 10.6. The molecule has 0 aliphatic carbocycles. The van der Waals surface area contributed by atoms with E-state index in [9.17, 15) is 10.1 Å². The molecule has 1 N–H and O–H groups in total. The monoisotopic (exact) mass is 313 g/mol. The lowest BCUT2D eigenvalue weighted by Crippen LogP contribution is -2.00. The number of nitro groups is 1. The summed E-state index contributed by atoms with van der Waals surface area (Å²) in [5, 5.41) is 15.7. The van der Waals surface area contributed by atoms with Crippen LogP contribution in [0, 0.1) is 10.1 Å². The van der Waals surface area contributed by atoms with Gasteiger partial charge in [0.1, 0.15) is 0 Å². The molecule has 2 aromatic rings. The largest absolute Gasteiger partial charge is 0.378 e. The molecule has 0 unspecified atom stereocenters. The second kappa shape index (κ2) is 5.24. The molecule has 88 valence electrons. The molecule has 17 heavy (non-hydrogen) atoms. The van der Waals surface area contributed by atoms with E-state index in [0.717, 1.165) is 11.4 Å². The number of halogens is 1. The number of anilines is 1. The van der Waals surface area contributed by atoms with E-state index >= 15 is 0 Å². The first-order chi connectivity index (χ1) is 8.16. The number of hydrogen-bond donors (Lipinski definition) is 1. The third-order valence-electron chi connectivity index (χ3n) is 2.11. The summed E-state index contributed by atoms with van der Waals surface area (Å²) >= 11 is 4.83. The van der Waals surface area contributed by atoms with Crippen molar-refractivity contribution in [1.82, 2.24) is 4.98 Å². The molecule has 0 bridgehead atoms. The van der Waals surface area contributed by atoms with Crippen molar-refractivity contribution < 1.29 is 4.92 Å². The number of non-ortho nitro benzene ring substituents is 1. The van der Waals surface area contributed by atoms with Gasteiger partial charge < -0.3 is 5.32 Å². The van der Waals surface area contributed by atoms with Crippen molar-refractivity contribution in [3.63, 3.8) is 0 Å². The summed E-state index contributed by atoms with van der Waals surface area (Å²) in [6.07, 6.45) is 0. The van der Waals surface area contributed by atoms with Gasteiger partial charge in [-0.05, 0) is 22.0 Å². The molecule has 1 heterocycles. The number of hydrogen-bond acceptors (Lipinski definition) is 5. The maximum absolute atomic E-state index is 10.6. The second-order valence-electron chi connectivity index (χ2n) is 3.25. The van der Waals surface area contributed by atoms with Crippen molar-refractivity contribution in [1.29, 1.82) is 0 Å². The lowest BCUT2D eigenvalue weighted by atomic mass is 10.3. The molecular weight excluding hydrogens is 306 g/mol. The van der Waals surface area contributed by atoms with Crippen molar-refractivity contribution in [2.24, 2.45) is 0 Å².